The molecular formula is C17H29NO. The first kappa shape index (κ1) is 13.5. The highest BCUT2D eigenvalue weighted by atomic mass is 16.2. The SMILES string of the molecule is CC(C)(C)CNC(=O)C1(C)C2CC3CC(C2)CC1C3. The topological polar surface area (TPSA) is 29.1 Å². The van der Waals surface area contributed by atoms with Crippen LogP contribution in [0.1, 0.15) is 59.8 Å². The van der Waals surface area contributed by atoms with Crippen LogP contribution in [0.3, 0.4) is 0 Å². The van der Waals surface area contributed by atoms with Crippen LogP contribution < -0.4 is 5.32 Å². The lowest BCUT2D eigenvalue weighted by atomic mass is 9.45. The maximum absolute atomic E-state index is 12.8. The molecule has 2 heteroatoms. The number of amides is 1. The van der Waals surface area contributed by atoms with Crippen LogP contribution in [-0.2, 0) is 4.79 Å². The zero-order chi connectivity index (χ0) is 13.8. The van der Waals surface area contributed by atoms with Crippen molar-refractivity contribution in [3.8, 4) is 0 Å². The van der Waals surface area contributed by atoms with Crippen molar-refractivity contribution in [3.63, 3.8) is 0 Å². The van der Waals surface area contributed by atoms with Gasteiger partial charge < -0.3 is 5.32 Å². The van der Waals surface area contributed by atoms with Crippen molar-refractivity contribution in [2.45, 2.75) is 59.8 Å². The van der Waals surface area contributed by atoms with Gasteiger partial charge in [0.25, 0.3) is 0 Å². The van der Waals surface area contributed by atoms with Crippen molar-refractivity contribution in [1.29, 1.82) is 0 Å². The lowest BCUT2D eigenvalue weighted by molar-refractivity contribution is -0.156. The third-order valence-electron chi connectivity index (χ3n) is 6.10. The first-order chi connectivity index (χ1) is 8.79. The Labute approximate surface area is 117 Å². The standard InChI is InChI=1S/C17H29NO/c1-16(2,3)10-18-15(19)17(4)13-6-11-5-12(8-13)9-14(17)7-11/h11-14H,5-10H2,1-4H3,(H,18,19). The van der Waals surface area contributed by atoms with E-state index in [-0.39, 0.29) is 10.8 Å². The van der Waals surface area contributed by atoms with Crippen molar-refractivity contribution in [1.82, 2.24) is 5.32 Å². The average molecular weight is 263 g/mol. The van der Waals surface area contributed by atoms with E-state index in [9.17, 15) is 4.79 Å². The Bertz CT molecular complexity index is 351. The highest BCUT2D eigenvalue weighted by Gasteiger charge is 2.58. The van der Waals surface area contributed by atoms with E-state index in [2.05, 4.69) is 33.0 Å². The summed E-state index contributed by atoms with van der Waals surface area (Å²) in [5.74, 6) is 3.53. The minimum atomic E-state index is -0.0708. The monoisotopic (exact) mass is 263 g/mol. The summed E-state index contributed by atoms with van der Waals surface area (Å²) in [4.78, 5) is 12.8. The molecule has 0 aromatic rings. The molecule has 0 radical (unpaired) electrons. The predicted molar refractivity (Wildman–Crippen MR) is 77.6 cm³/mol. The maximum Gasteiger partial charge on any atom is 0.226 e. The van der Waals surface area contributed by atoms with E-state index in [1.54, 1.807) is 0 Å². The van der Waals surface area contributed by atoms with Gasteiger partial charge >= 0.3 is 0 Å². The van der Waals surface area contributed by atoms with Gasteiger partial charge in [-0.25, -0.2) is 0 Å². The Morgan fingerprint density at radius 1 is 1.05 bits per heavy atom. The molecule has 2 nitrogen and oxygen atoms in total. The van der Waals surface area contributed by atoms with Crippen LogP contribution in [0, 0.1) is 34.5 Å². The van der Waals surface area contributed by atoms with Gasteiger partial charge in [-0.05, 0) is 61.2 Å². The van der Waals surface area contributed by atoms with E-state index in [0.717, 1.165) is 18.4 Å². The minimum Gasteiger partial charge on any atom is -0.355 e. The molecule has 4 fully saturated rings. The summed E-state index contributed by atoms with van der Waals surface area (Å²) in [7, 11) is 0. The second-order valence-corrected chi connectivity index (χ2v) is 8.83. The fraction of sp³-hybridized carbons (Fsp3) is 0.941. The predicted octanol–water partition coefficient (Wildman–Crippen LogP) is 3.61. The van der Waals surface area contributed by atoms with Crippen LogP contribution in [0.4, 0.5) is 0 Å². The Balaban J connectivity index is 1.74. The van der Waals surface area contributed by atoms with E-state index in [1.165, 1.54) is 32.1 Å². The lowest BCUT2D eigenvalue weighted by Crippen LogP contribution is -2.58. The normalized spacial score (nSPS) is 44.4. The van der Waals surface area contributed by atoms with Gasteiger partial charge in [-0.3, -0.25) is 4.79 Å². The fourth-order valence-electron chi connectivity index (χ4n) is 5.07. The van der Waals surface area contributed by atoms with Crippen LogP contribution in [0.25, 0.3) is 0 Å². The number of nitrogens with one attached hydrogen (secondary N) is 1. The number of carbonyl (C=O) groups is 1. The molecule has 0 aromatic heterocycles. The number of carbonyl (C=O) groups excluding carboxylic acids is 1. The van der Waals surface area contributed by atoms with E-state index in [0.29, 0.717) is 17.7 Å². The third-order valence-corrected chi connectivity index (χ3v) is 6.10. The summed E-state index contributed by atoms with van der Waals surface area (Å²) >= 11 is 0. The highest BCUT2D eigenvalue weighted by molar-refractivity contribution is 5.83. The van der Waals surface area contributed by atoms with E-state index >= 15 is 0 Å². The van der Waals surface area contributed by atoms with Gasteiger partial charge in [-0.2, -0.15) is 0 Å². The number of hydrogen-bond acceptors (Lipinski definition) is 1. The highest BCUT2D eigenvalue weighted by Crippen LogP contribution is 2.62. The Hall–Kier alpha value is -0.530. The summed E-state index contributed by atoms with van der Waals surface area (Å²) in [6.07, 6.45) is 6.70. The van der Waals surface area contributed by atoms with Gasteiger partial charge in [0, 0.05) is 6.54 Å². The second-order valence-electron chi connectivity index (χ2n) is 8.83. The zero-order valence-corrected chi connectivity index (χ0v) is 13.0. The van der Waals surface area contributed by atoms with Crippen LogP contribution in [0.15, 0.2) is 0 Å². The molecule has 0 heterocycles. The Morgan fingerprint density at radius 2 is 1.53 bits per heavy atom. The molecule has 0 aromatic carbocycles. The van der Waals surface area contributed by atoms with Crippen molar-refractivity contribution in [2.75, 3.05) is 6.54 Å². The number of hydrogen-bond donors (Lipinski definition) is 1. The van der Waals surface area contributed by atoms with Gasteiger partial charge in [0.1, 0.15) is 0 Å². The Kier molecular flexibility index (Phi) is 3.00. The molecule has 4 bridgehead atoms. The molecular weight excluding hydrogens is 234 g/mol. The summed E-state index contributed by atoms with van der Waals surface area (Å²) in [5.41, 5.74) is 0.108. The molecule has 4 aliphatic rings. The summed E-state index contributed by atoms with van der Waals surface area (Å²) < 4.78 is 0. The van der Waals surface area contributed by atoms with Gasteiger partial charge in [0.2, 0.25) is 5.91 Å². The molecule has 0 atom stereocenters. The van der Waals surface area contributed by atoms with Crippen LogP contribution in [0.2, 0.25) is 0 Å². The summed E-state index contributed by atoms with van der Waals surface area (Å²) in [6.45, 7) is 9.62. The van der Waals surface area contributed by atoms with Crippen molar-refractivity contribution < 1.29 is 4.79 Å². The molecule has 108 valence electrons. The van der Waals surface area contributed by atoms with E-state index in [4.69, 9.17) is 0 Å². The molecule has 0 saturated heterocycles. The van der Waals surface area contributed by atoms with Crippen molar-refractivity contribution >= 4 is 5.91 Å². The molecule has 1 N–H and O–H groups in total. The van der Waals surface area contributed by atoms with Gasteiger partial charge in [-0.1, -0.05) is 27.7 Å². The molecule has 0 unspecified atom stereocenters. The maximum atomic E-state index is 12.8. The first-order valence-corrected chi connectivity index (χ1v) is 8.07. The van der Waals surface area contributed by atoms with Crippen LogP contribution in [0.5, 0.6) is 0 Å². The summed E-state index contributed by atoms with van der Waals surface area (Å²) in [6, 6.07) is 0. The van der Waals surface area contributed by atoms with Crippen LogP contribution in [-0.4, -0.2) is 12.5 Å². The average Bonchev–Trinajstić information content (AvgIpc) is 2.30. The van der Waals surface area contributed by atoms with E-state index < -0.39 is 0 Å². The molecule has 0 spiro atoms. The van der Waals surface area contributed by atoms with Gasteiger partial charge in [0.15, 0.2) is 0 Å². The summed E-state index contributed by atoms with van der Waals surface area (Å²) in [5, 5.41) is 3.25. The van der Waals surface area contributed by atoms with Crippen LogP contribution >= 0.6 is 0 Å². The Morgan fingerprint density at radius 3 is 1.95 bits per heavy atom. The van der Waals surface area contributed by atoms with E-state index in [1.807, 2.05) is 0 Å². The first-order valence-electron chi connectivity index (χ1n) is 8.07. The third kappa shape index (κ3) is 2.21. The van der Waals surface area contributed by atoms with Gasteiger partial charge in [0.05, 0.1) is 5.41 Å². The molecule has 0 aliphatic heterocycles. The zero-order valence-electron chi connectivity index (χ0n) is 13.0. The van der Waals surface area contributed by atoms with Gasteiger partial charge in [-0.15, -0.1) is 0 Å². The molecule has 1 amide bonds. The largest absolute Gasteiger partial charge is 0.355 e. The minimum absolute atomic E-state index is 0.0708. The molecule has 4 saturated carbocycles. The molecule has 4 rings (SSSR count). The molecule has 4 aliphatic carbocycles. The number of rotatable bonds is 2. The smallest absolute Gasteiger partial charge is 0.226 e. The quantitative estimate of drug-likeness (QED) is 0.810. The molecule has 19 heavy (non-hydrogen) atoms. The lowest BCUT2D eigenvalue weighted by Gasteiger charge is -2.59. The van der Waals surface area contributed by atoms with Crippen molar-refractivity contribution in [2.24, 2.45) is 34.5 Å². The van der Waals surface area contributed by atoms with Crippen molar-refractivity contribution in [3.05, 3.63) is 0 Å². The second kappa shape index (κ2) is 4.23. The fourth-order valence-corrected chi connectivity index (χ4v) is 5.07.